The molecule has 26 heavy (non-hydrogen) atoms. The standard InChI is InChI=1S/C11H20N2O11P2/c1-7(13-3-2-10(16)12-11(13)17)24-9(8(15)4-14)5-23-26(21,22)6-25(18,19)20/h2-3,7-9,14-15H,4-6H2,1H3,(H,21,22)(H,12,16,17)(H2,18,19,20)/t7-,8?,9?/m1/s1. The molecule has 1 heterocycles. The molecule has 15 heteroatoms. The molecule has 0 aliphatic carbocycles. The van der Waals surface area contributed by atoms with Crippen LogP contribution >= 0.6 is 15.2 Å². The van der Waals surface area contributed by atoms with E-state index in [-0.39, 0.29) is 0 Å². The average Bonchev–Trinajstić information content (AvgIpc) is 2.48. The first-order valence-electron chi connectivity index (χ1n) is 7.11. The number of hydrogen-bond donors (Lipinski definition) is 6. The number of nitrogens with zero attached hydrogens (tertiary/aromatic N) is 1. The van der Waals surface area contributed by atoms with Gasteiger partial charge < -0.3 is 34.2 Å². The lowest BCUT2D eigenvalue weighted by molar-refractivity contribution is -0.125. The van der Waals surface area contributed by atoms with Gasteiger partial charge in [-0.05, 0) is 6.92 Å². The molecule has 0 saturated carbocycles. The van der Waals surface area contributed by atoms with E-state index in [0.717, 1.165) is 16.8 Å². The van der Waals surface area contributed by atoms with Crippen LogP contribution in [0.4, 0.5) is 0 Å². The van der Waals surface area contributed by atoms with Crippen molar-refractivity contribution in [3.05, 3.63) is 33.1 Å². The van der Waals surface area contributed by atoms with Crippen LogP contribution in [0.25, 0.3) is 0 Å². The molecule has 4 atom stereocenters. The van der Waals surface area contributed by atoms with E-state index in [1.165, 1.54) is 6.92 Å². The van der Waals surface area contributed by atoms with Gasteiger partial charge in [-0.15, -0.1) is 0 Å². The summed E-state index contributed by atoms with van der Waals surface area (Å²) in [6.45, 7) is -0.279. The van der Waals surface area contributed by atoms with Gasteiger partial charge in [0.25, 0.3) is 5.56 Å². The van der Waals surface area contributed by atoms with Crippen LogP contribution in [0.5, 0.6) is 0 Å². The van der Waals surface area contributed by atoms with E-state index in [4.69, 9.17) is 19.6 Å². The Morgan fingerprint density at radius 1 is 1.27 bits per heavy atom. The first-order chi connectivity index (χ1) is 11.8. The maximum atomic E-state index is 11.7. The van der Waals surface area contributed by atoms with Crippen molar-refractivity contribution in [3.8, 4) is 0 Å². The van der Waals surface area contributed by atoms with E-state index in [2.05, 4.69) is 4.52 Å². The van der Waals surface area contributed by atoms with Gasteiger partial charge in [-0.25, -0.2) is 4.79 Å². The Morgan fingerprint density at radius 2 is 1.88 bits per heavy atom. The molecule has 1 aromatic heterocycles. The number of H-pyrrole nitrogens is 1. The predicted molar refractivity (Wildman–Crippen MR) is 86.7 cm³/mol. The van der Waals surface area contributed by atoms with Crippen molar-refractivity contribution in [1.82, 2.24) is 9.55 Å². The molecule has 1 aromatic rings. The minimum atomic E-state index is -4.83. The monoisotopic (exact) mass is 418 g/mol. The fraction of sp³-hybridized carbons (Fsp3) is 0.636. The van der Waals surface area contributed by atoms with Gasteiger partial charge in [-0.3, -0.25) is 23.5 Å². The fourth-order valence-electron chi connectivity index (χ4n) is 1.85. The molecule has 6 N–H and O–H groups in total. The number of rotatable bonds is 10. The van der Waals surface area contributed by atoms with Crippen LogP contribution < -0.4 is 11.2 Å². The quantitative estimate of drug-likeness (QED) is 0.232. The maximum Gasteiger partial charge on any atom is 0.340 e. The van der Waals surface area contributed by atoms with Gasteiger partial charge in [0.15, 0.2) is 5.90 Å². The van der Waals surface area contributed by atoms with E-state index in [0.29, 0.717) is 0 Å². The van der Waals surface area contributed by atoms with Crippen molar-refractivity contribution < 1.29 is 43.3 Å². The third-order valence-electron chi connectivity index (χ3n) is 3.03. The lowest BCUT2D eigenvalue weighted by Gasteiger charge is -2.27. The number of ether oxygens (including phenoxy) is 1. The van der Waals surface area contributed by atoms with Crippen LogP contribution in [-0.4, -0.2) is 65.8 Å². The summed E-state index contributed by atoms with van der Waals surface area (Å²) in [7, 11) is -9.54. The number of hydrogen-bond acceptors (Lipinski definition) is 8. The van der Waals surface area contributed by atoms with E-state index < -0.39 is 64.0 Å². The smallest absolute Gasteiger partial charge is 0.340 e. The van der Waals surface area contributed by atoms with Gasteiger partial charge in [-0.2, -0.15) is 0 Å². The Balaban J connectivity index is 2.87. The Kier molecular flexibility index (Phi) is 8.08. The molecule has 0 spiro atoms. The number of aromatic nitrogens is 2. The molecule has 0 bridgehead atoms. The molecule has 0 amide bonds. The summed E-state index contributed by atoms with van der Waals surface area (Å²) in [6, 6.07) is 1.04. The molecule has 3 unspecified atom stereocenters. The summed E-state index contributed by atoms with van der Waals surface area (Å²) in [5.41, 5.74) is -1.47. The predicted octanol–water partition coefficient (Wildman–Crippen LogP) is -1.87. The molecule has 13 nitrogen and oxygen atoms in total. The Bertz CT molecular complexity index is 800. The summed E-state index contributed by atoms with van der Waals surface area (Å²) in [6.07, 6.45) is -2.99. The van der Waals surface area contributed by atoms with Crippen molar-refractivity contribution >= 4 is 15.2 Å². The van der Waals surface area contributed by atoms with E-state index in [9.17, 15) is 28.7 Å². The Morgan fingerprint density at radius 3 is 2.38 bits per heavy atom. The minimum Gasteiger partial charge on any atom is -0.394 e. The Labute approximate surface area is 146 Å². The average molecular weight is 418 g/mol. The summed E-state index contributed by atoms with van der Waals surface area (Å²) < 4.78 is 33.2. The first kappa shape index (κ1) is 22.9. The minimum absolute atomic E-state index is 0.646. The molecule has 0 aromatic carbocycles. The molecule has 0 radical (unpaired) electrons. The van der Waals surface area contributed by atoms with Crippen LogP contribution in [0.2, 0.25) is 0 Å². The van der Waals surface area contributed by atoms with E-state index in [1.807, 2.05) is 4.98 Å². The van der Waals surface area contributed by atoms with Gasteiger partial charge in [0.05, 0.1) is 13.2 Å². The normalized spacial score (nSPS) is 18.1. The zero-order valence-corrected chi connectivity index (χ0v) is 15.3. The lowest BCUT2D eigenvalue weighted by Crippen LogP contribution is -2.40. The second kappa shape index (κ2) is 9.18. The zero-order valence-electron chi connectivity index (χ0n) is 13.5. The van der Waals surface area contributed by atoms with Crippen LogP contribution in [0.1, 0.15) is 13.2 Å². The van der Waals surface area contributed by atoms with Crippen molar-refractivity contribution in [2.45, 2.75) is 25.4 Å². The molecule has 1 rings (SSSR count). The van der Waals surface area contributed by atoms with Gasteiger partial charge in [0.2, 0.25) is 0 Å². The van der Waals surface area contributed by atoms with E-state index in [1.54, 1.807) is 0 Å². The van der Waals surface area contributed by atoms with Crippen LogP contribution in [0.3, 0.4) is 0 Å². The zero-order chi connectivity index (χ0) is 20.1. The van der Waals surface area contributed by atoms with Gasteiger partial charge in [-0.1, -0.05) is 0 Å². The second-order valence-electron chi connectivity index (χ2n) is 5.28. The van der Waals surface area contributed by atoms with Crippen LogP contribution in [-0.2, 0) is 18.4 Å². The van der Waals surface area contributed by atoms with Crippen molar-refractivity contribution in [3.63, 3.8) is 0 Å². The third-order valence-corrected chi connectivity index (χ3v) is 6.49. The summed E-state index contributed by atoms with van der Waals surface area (Å²) in [5, 5.41) is 18.8. The molecule has 0 fully saturated rings. The topological polar surface area (TPSA) is 209 Å². The first-order valence-corrected chi connectivity index (χ1v) is 10.7. The van der Waals surface area contributed by atoms with Crippen molar-refractivity contribution in [1.29, 1.82) is 0 Å². The summed E-state index contributed by atoms with van der Waals surface area (Å²) in [4.78, 5) is 51.6. The van der Waals surface area contributed by atoms with Crippen LogP contribution in [0, 0.1) is 0 Å². The second-order valence-corrected chi connectivity index (χ2v) is 9.27. The van der Waals surface area contributed by atoms with Crippen LogP contribution in [0.15, 0.2) is 21.9 Å². The van der Waals surface area contributed by atoms with Gasteiger partial charge in [0.1, 0.15) is 18.4 Å². The summed E-state index contributed by atoms with van der Waals surface area (Å²) >= 11 is 0. The largest absolute Gasteiger partial charge is 0.394 e. The molecule has 0 aliphatic rings. The molecule has 0 saturated heterocycles. The molecular formula is C11H20N2O11P2. The molecule has 0 aliphatic heterocycles. The number of aliphatic hydroxyl groups is 2. The number of aliphatic hydroxyl groups excluding tert-OH is 2. The number of nitrogens with one attached hydrogen (secondary N) is 1. The highest BCUT2D eigenvalue weighted by Crippen LogP contribution is 2.55. The highest BCUT2D eigenvalue weighted by molar-refractivity contribution is 7.70. The SMILES string of the molecule is C[C@@H](OC(COP(=O)(O)CP(=O)(O)O)C(O)CO)n1ccc(=O)[nH]c1=O. The van der Waals surface area contributed by atoms with Gasteiger partial charge in [0, 0.05) is 12.3 Å². The van der Waals surface area contributed by atoms with Gasteiger partial charge >= 0.3 is 20.9 Å². The van der Waals surface area contributed by atoms with Crippen molar-refractivity contribution in [2.24, 2.45) is 0 Å². The molecule has 150 valence electrons. The Hall–Kier alpha value is -1.14. The number of aromatic amines is 1. The highest BCUT2D eigenvalue weighted by atomic mass is 31.2. The lowest BCUT2D eigenvalue weighted by atomic mass is 10.2. The molecular weight excluding hydrogens is 398 g/mol. The summed E-state index contributed by atoms with van der Waals surface area (Å²) in [5.74, 6) is -1.43. The highest BCUT2D eigenvalue weighted by Gasteiger charge is 2.33. The third kappa shape index (κ3) is 7.62. The fourth-order valence-corrected chi connectivity index (χ4v) is 4.42. The van der Waals surface area contributed by atoms with Crippen molar-refractivity contribution in [2.75, 3.05) is 19.1 Å². The maximum absolute atomic E-state index is 11.7. The van der Waals surface area contributed by atoms with E-state index >= 15 is 0 Å².